The van der Waals surface area contributed by atoms with E-state index >= 15 is 0 Å². The third kappa shape index (κ3) is 1.79. The molecule has 2 nitrogen and oxygen atoms in total. The zero-order valence-corrected chi connectivity index (χ0v) is 3.93. The van der Waals surface area contributed by atoms with Gasteiger partial charge < -0.3 is 4.89 Å². The molecule has 0 aromatic carbocycles. The first-order chi connectivity index (χ1) is 2.81. The lowest BCUT2D eigenvalue weighted by atomic mass is 10.5. The van der Waals surface area contributed by atoms with Crippen LogP contribution in [0.4, 0.5) is 0 Å². The van der Waals surface area contributed by atoms with E-state index < -0.39 is 0 Å². The molecule has 6 heavy (non-hydrogen) atoms. The summed E-state index contributed by atoms with van der Waals surface area (Å²) in [7, 11) is 0. The van der Waals surface area contributed by atoms with Gasteiger partial charge in [-0.05, 0) is 19.9 Å². The normalized spacial score (nSPS) is 11.5. The fourth-order valence-corrected chi connectivity index (χ4v) is 0.0527. The summed E-state index contributed by atoms with van der Waals surface area (Å²) >= 11 is 0. The highest BCUT2D eigenvalue weighted by atomic mass is 17.1. The third-order valence-electron chi connectivity index (χ3n) is 0.551. The Labute approximate surface area is 37.0 Å². The Bertz CT molecular complexity index is 56.6. The van der Waals surface area contributed by atoms with Crippen molar-refractivity contribution < 1.29 is 10.1 Å². The second-order valence-corrected chi connectivity index (χ2v) is 0.991. The molecule has 0 aliphatic carbocycles. The van der Waals surface area contributed by atoms with Crippen molar-refractivity contribution in [2.45, 2.75) is 13.8 Å². The molecule has 0 aromatic heterocycles. The summed E-state index contributed by atoms with van der Waals surface area (Å²) in [6.07, 6.45) is 1.67. The Morgan fingerprint density at radius 2 is 2.33 bits per heavy atom. The second kappa shape index (κ2) is 2.72. The first-order valence-corrected chi connectivity index (χ1v) is 1.75. The van der Waals surface area contributed by atoms with Gasteiger partial charge >= 0.3 is 0 Å². The summed E-state index contributed by atoms with van der Waals surface area (Å²) in [6, 6.07) is 0. The first kappa shape index (κ1) is 5.50. The molecule has 0 saturated carbocycles. The Morgan fingerprint density at radius 3 is 2.33 bits per heavy atom. The van der Waals surface area contributed by atoms with E-state index in [1.165, 1.54) is 0 Å². The predicted molar refractivity (Wildman–Crippen MR) is 23.1 cm³/mol. The molecule has 36 valence electrons. The molecule has 0 amide bonds. The van der Waals surface area contributed by atoms with Crippen LogP contribution in [0.3, 0.4) is 0 Å². The van der Waals surface area contributed by atoms with Gasteiger partial charge in [0.05, 0.1) is 0 Å². The van der Waals surface area contributed by atoms with Crippen LogP contribution in [0, 0.1) is 0 Å². The van der Waals surface area contributed by atoms with Crippen molar-refractivity contribution in [2.75, 3.05) is 0 Å². The van der Waals surface area contributed by atoms with Crippen molar-refractivity contribution >= 4 is 0 Å². The average Bonchev–Trinajstić information content (AvgIpc) is 1.65. The van der Waals surface area contributed by atoms with E-state index in [1.807, 2.05) is 0 Å². The monoisotopic (exact) mass is 88.1 g/mol. The minimum absolute atomic E-state index is 0.523. The number of hydrogen-bond acceptors (Lipinski definition) is 2. The molecule has 0 aromatic rings. The lowest BCUT2D eigenvalue weighted by Crippen LogP contribution is -1.75. The van der Waals surface area contributed by atoms with Crippen LogP contribution in [0.1, 0.15) is 13.8 Å². The smallest absolute Gasteiger partial charge is 0.134 e. The van der Waals surface area contributed by atoms with Gasteiger partial charge in [-0.3, -0.25) is 0 Å². The molecular formula is C4H8O2. The second-order valence-electron chi connectivity index (χ2n) is 0.991. The van der Waals surface area contributed by atoms with Crippen molar-refractivity contribution in [3.05, 3.63) is 11.8 Å². The quantitative estimate of drug-likeness (QED) is 0.298. The summed E-state index contributed by atoms with van der Waals surface area (Å²) in [4.78, 5) is 3.76. The molecule has 0 heterocycles. The van der Waals surface area contributed by atoms with Crippen molar-refractivity contribution in [2.24, 2.45) is 0 Å². The summed E-state index contributed by atoms with van der Waals surface area (Å²) < 4.78 is 0. The van der Waals surface area contributed by atoms with Gasteiger partial charge in [-0.1, -0.05) is 0 Å². The molecule has 0 atom stereocenters. The molecular weight excluding hydrogens is 80.0 g/mol. The summed E-state index contributed by atoms with van der Waals surface area (Å²) in [5.41, 5.74) is 0. The Kier molecular flexibility index (Phi) is 2.50. The van der Waals surface area contributed by atoms with E-state index in [9.17, 15) is 0 Å². The first-order valence-electron chi connectivity index (χ1n) is 1.75. The highest BCUT2D eigenvalue weighted by Gasteiger charge is 1.75. The maximum atomic E-state index is 7.77. The van der Waals surface area contributed by atoms with E-state index in [4.69, 9.17) is 5.26 Å². The Morgan fingerprint density at radius 1 is 1.83 bits per heavy atom. The summed E-state index contributed by atoms with van der Waals surface area (Å²) in [5.74, 6) is 0.523. The van der Waals surface area contributed by atoms with Crippen LogP contribution < -0.4 is 0 Å². The molecule has 0 saturated heterocycles. The summed E-state index contributed by atoms with van der Waals surface area (Å²) in [6.45, 7) is 3.45. The number of rotatable bonds is 1. The van der Waals surface area contributed by atoms with Gasteiger partial charge in [-0.25, -0.2) is 5.26 Å². The number of allylic oxidation sites excluding steroid dienone is 2. The standard InChI is InChI=1S/C4H8O2/c1-3-4(2)6-5/h3,5H,1-2H3/b4-3+. The molecule has 0 spiro atoms. The van der Waals surface area contributed by atoms with Gasteiger partial charge in [0.2, 0.25) is 0 Å². The largest absolute Gasteiger partial charge is 0.345 e. The molecule has 0 fully saturated rings. The van der Waals surface area contributed by atoms with Gasteiger partial charge in [-0.2, -0.15) is 0 Å². The predicted octanol–water partition coefficient (Wildman–Crippen LogP) is 1.40. The van der Waals surface area contributed by atoms with Crippen LogP contribution in [0.25, 0.3) is 0 Å². The highest BCUT2D eigenvalue weighted by Crippen LogP contribution is 1.87. The van der Waals surface area contributed by atoms with E-state index in [0.29, 0.717) is 5.76 Å². The van der Waals surface area contributed by atoms with Crippen LogP contribution in [-0.2, 0) is 4.89 Å². The number of hydrogen-bond donors (Lipinski definition) is 1. The Balaban J connectivity index is 3.22. The van der Waals surface area contributed by atoms with Crippen LogP contribution in [0.2, 0.25) is 0 Å². The molecule has 1 N–H and O–H groups in total. The van der Waals surface area contributed by atoms with Crippen LogP contribution in [0.5, 0.6) is 0 Å². The average molecular weight is 88.1 g/mol. The third-order valence-corrected chi connectivity index (χ3v) is 0.551. The topological polar surface area (TPSA) is 29.5 Å². The minimum atomic E-state index is 0.523. The molecule has 0 aliphatic rings. The van der Waals surface area contributed by atoms with E-state index in [-0.39, 0.29) is 0 Å². The van der Waals surface area contributed by atoms with Gasteiger partial charge in [0.15, 0.2) is 0 Å². The van der Waals surface area contributed by atoms with Crippen LogP contribution in [0.15, 0.2) is 11.8 Å². The van der Waals surface area contributed by atoms with Crippen LogP contribution in [-0.4, -0.2) is 5.26 Å². The minimum Gasteiger partial charge on any atom is -0.345 e. The van der Waals surface area contributed by atoms with E-state index in [2.05, 4.69) is 4.89 Å². The highest BCUT2D eigenvalue weighted by molar-refractivity contribution is 4.81. The molecule has 0 rings (SSSR count). The van der Waals surface area contributed by atoms with E-state index in [1.54, 1.807) is 19.9 Å². The molecule has 0 unspecified atom stereocenters. The molecule has 0 radical (unpaired) electrons. The summed E-state index contributed by atoms with van der Waals surface area (Å²) in [5, 5.41) is 7.77. The molecule has 0 aliphatic heterocycles. The van der Waals surface area contributed by atoms with Crippen molar-refractivity contribution in [3.63, 3.8) is 0 Å². The SMILES string of the molecule is C/C=C(\C)OO. The fourth-order valence-electron chi connectivity index (χ4n) is 0.0527. The van der Waals surface area contributed by atoms with Crippen molar-refractivity contribution in [1.29, 1.82) is 0 Å². The van der Waals surface area contributed by atoms with Crippen molar-refractivity contribution in [3.8, 4) is 0 Å². The van der Waals surface area contributed by atoms with Gasteiger partial charge in [0.1, 0.15) is 5.76 Å². The molecule has 2 heteroatoms. The van der Waals surface area contributed by atoms with Crippen molar-refractivity contribution in [1.82, 2.24) is 0 Å². The maximum absolute atomic E-state index is 7.77. The van der Waals surface area contributed by atoms with Gasteiger partial charge in [-0.15, -0.1) is 0 Å². The fraction of sp³-hybridized carbons (Fsp3) is 0.500. The van der Waals surface area contributed by atoms with Gasteiger partial charge in [0, 0.05) is 0 Å². The van der Waals surface area contributed by atoms with E-state index in [0.717, 1.165) is 0 Å². The zero-order valence-electron chi connectivity index (χ0n) is 3.93. The Hall–Kier alpha value is -0.500. The van der Waals surface area contributed by atoms with Gasteiger partial charge in [0.25, 0.3) is 0 Å². The maximum Gasteiger partial charge on any atom is 0.134 e. The molecule has 0 bridgehead atoms. The lowest BCUT2D eigenvalue weighted by molar-refractivity contribution is -0.202. The zero-order chi connectivity index (χ0) is 4.99. The lowest BCUT2D eigenvalue weighted by Gasteiger charge is -1.87. The van der Waals surface area contributed by atoms with Crippen LogP contribution >= 0.6 is 0 Å².